The lowest BCUT2D eigenvalue weighted by atomic mass is 9.54. The molecular formula is C22H23ClN2O8. The SMILES string of the molecule is C[C@H]1c2c(Cl)ccc(O)c2C(O)=C2C(=O)[C@]3(O)C(O)=C(C(N)=O)C(=O)[C@@H](N(C)C)[C@@H]3[C@@H](O)[C@@H]21. The number of carbonyl (C=O) groups excluding carboxylic acids is 3. The molecule has 0 spiro atoms. The molecule has 10 nitrogen and oxygen atoms in total. The summed E-state index contributed by atoms with van der Waals surface area (Å²) in [6.45, 7) is 1.61. The summed E-state index contributed by atoms with van der Waals surface area (Å²) in [6.07, 6.45) is -1.65. The molecule has 0 aliphatic heterocycles. The molecule has 0 aromatic heterocycles. The fourth-order valence-corrected chi connectivity index (χ4v) is 5.97. The number of primary amides is 1. The number of Topliss-reactive ketones (excluding diaryl/α,β-unsaturated/α-hetero) is 2. The Morgan fingerprint density at radius 1 is 1.18 bits per heavy atom. The third-order valence-electron chi connectivity index (χ3n) is 7.05. The lowest BCUT2D eigenvalue weighted by Gasteiger charge is -2.53. The first-order valence-corrected chi connectivity index (χ1v) is 10.5. The minimum atomic E-state index is -2.93. The standard InChI is InChI=1S/C22H23ClN2O8/c1-6-9-7(23)4-5-8(26)11(9)16(27)12-10(6)17(28)14-15(25(2)3)18(29)13(21(24)32)20(31)22(14,33)19(12)30/h4-6,10,14-15,17,26-28,31,33H,1-3H3,(H2,24,32)/t6-,10+,14+,15-,17-,22-/m0/s1. The van der Waals surface area contributed by atoms with Gasteiger partial charge in [0, 0.05) is 16.5 Å². The molecule has 176 valence electrons. The van der Waals surface area contributed by atoms with E-state index in [0.29, 0.717) is 0 Å². The van der Waals surface area contributed by atoms with Crippen molar-refractivity contribution in [2.75, 3.05) is 14.1 Å². The number of halogens is 1. The highest BCUT2D eigenvalue weighted by molar-refractivity contribution is 6.32. The van der Waals surface area contributed by atoms with Crippen LogP contribution in [0.15, 0.2) is 29.0 Å². The summed E-state index contributed by atoms with van der Waals surface area (Å²) in [6, 6.07) is 1.22. The zero-order valence-electron chi connectivity index (χ0n) is 17.9. The van der Waals surface area contributed by atoms with Crippen LogP contribution >= 0.6 is 11.6 Å². The number of nitrogens with two attached hydrogens (primary N) is 1. The van der Waals surface area contributed by atoms with Crippen LogP contribution < -0.4 is 5.73 Å². The van der Waals surface area contributed by atoms with Crippen molar-refractivity contribution in [3.05, 3.63) is 45.2 Å². The van der Waals surface area contributed by atoms with Crippen molar-refractivity contribution in [1.82, 2.24) is 4.90 Å². The van der Waals surface area contributed by atoms with Gasteiger partial charge in [-0.3, -0.25) is 19.3 Å². The fourth-order valence-electron chi connectivity index (χ4n) is 5.64. The summed E-state index contributed by atoms with van der Waals surface area (Å²) >= 11 is 6.31. The van der Waals surface area contributed by atoms with E-state index in [1.807, 2.05) is 0 Å². The van der Waals surface area contributed by atoms with Gasteiger partial charge in [0.15, 0.2) is 11.4 Å². The number of amides is 1. The Kier molecular flexibility index (Phi) is 5.14. The van der Waals surface area contributed by atoms with Crippen molar-refractivity contribution >= 4 is 34.8 Å². The molecule has 1 aromatic rings. The molecule has 0 radical (unpaired) electrons. The maximum atomic E-state index is 13.7. The second-order valence-corrected chi connectivity index (χ2v) is 9.31. The van der Waals surface area contributed by atoms with Crippen LogP contribution in [0.5, 0.6) is 5.75 Å². The van der Waals surface area contributed by atoms with Gasteiger partial charge in [-0.2, -0.15) is 0 Å². The Balaban J connectivity index is 2.08. The van der Waals surface area contributed by atoms with Gasteiger partial charge in [-0.25, -0.2) is 0 Å². The molecule has 1 amide bonds. The second kappa shape index (κ2) is 7.29. The molecule has 33 heavy (non-hydrogen) atoms. The van der Waals surface area contributed by atoms with E-state index in [1.165, 1.54) is 31.1 Å². The number of phenols is 1. The third-order valence-corrected chi connectivity index (χ3v) is 7.38. The molecular weight excluding hydrogens is 456 g/mol. The van der Waals surface area contributed by atoms with Crippen LogP contribution in [0.2, 0.25) is 5.02 Å². The molecule has 0 saturated heterocycles. The van der Waals surface area contributed by atoms with Gasteiger partial charge in [-0.15, -0.1) is 0 Å². The van der Waals surface area contributed by atoms with Crippen molar-refractivity contribution in [3.63, 3.8) is 0 Å². The van der Waals surface area contributed by atoms with Gasteiger partial charge < -0.3 is 31.3 Å². The number of aliphatic hydroxyl groups is 4. The number of likely N-dealkylation sites (N-methyl/N-ethyl adjacent to an activating group) is 1. The van der Waals surface area contributed by atoms with Crippen LogP contribution in [0, 0.1) is 11.8 Å². The topological polar surface area (TPSA) is 182 Å². The van der Waals surface area contributed by atoms with Gasteiger partial charge in [0.2, 0.25) is 5.78 Å². The van der Waals surface area contributed by atoms with Crippen molar-refractivity contribution in [2.24, 2.45) is 17.6 Å². The number of aliphatic hydroxyl groups excluding tert-OH is 3. The van der Waals surface area contributed by atoms with Crippen LogP contribution in [0.4, 0.5) is 0 Å². The normalized spacial score (nSPS) is 33.7. The number of carbonyl (C=O) groups is 3. The molecule has 4 rings (SSSR count). The zero-order chi connectivity index (χ0) is 24.7. The van der Waals surface area contributed by atoms with Crippen LogP contribution in [0.25, 0.3) is 5.76 Å². The van der Waals surface area contributed by atoms with Gasteiger partial charge in [-0.05, 0) is 37.7 Å². The maximum absolute atomic E-state index is 13.7. The maximum Gasteiger partial charge on any atom is 0.255 e. The summed E-state index contributed by atoms with van der Waals surface area (Å²) in [5.74, 6) is -9.40. The number of ketones is 2. The summed E-state index contributed by atoms with van der Waals surface area (Å²) < 4.78 is 0. The molecule has 1 aromatic carbocycles. The second-order valence-electron chi connectivity index (χ2n) is 8.90. The smallest absolute Gasteiger partial charge is 0.255 e. The summed E-state index contributed by atoms with van der Waals surface area (Å²) in [7, 11) is 2.89. The van der Waals surface area contributed by atoms with Crippen LogP contribution in [-0.4, -0.2) is 79.7 Å². The average molecular weight is 479 g/mol. The zero-order valence-corrected chi connectivity index (χ0v) is 18.7. The fraction of sp³-hybridized carbons (Fsp3) is 0.409. The van der Waals surface area contributed by atoms with E-state index in [0.717, 1.165) is 0 Å². The van der Waals surface area contributed by atoms with Crippen molar-refractivity contribution in [2.45, 2.75) is 30.6 Å². The minimum absolute atomic E-state index is 0.140. The highest BCUT2D eigenvalue weighted by Crippen LogP contribution is 2.57. The third kappa shape index (κ3) is 2.75. The number of phenolic OH excluding ortho intramolecular Hbond substituents is 1. The number of hydrogen-bond donors (Lipinski definition) is 6. The van der Waals surface area contributed by atoms with Gasteiger partial charge in [0.1, 0.15) is 22.8 Å². The molecule has 1 fully saturated rings. The predicted octanol–water partition coefficient (Wildman–Crippen LogP) is 0.149. The largest absolute Gasteiger partial charge is 0.508 e. The molecule has 3 aliphatic rings. The Labute approximate surface area is 193 Å². The Hall–Kier alpha value is -2.92. The number of nitrogens with zero attached hydrogens (tertiary/aromatic N) is 1. The number of benzene rings is 1. The van der Waals surface area contributed by atoms with E-state index in [1.54, 1.807) is 6.92 Å². The van der Waals surface area contributed by atoms with Crippen molar-refractivity contribution < 1.29 is 39.9 Å². The Morgan fingerprint density at radius 2 is 1.79 bits per heavy atom. The Bertz CT molecular complexity index is 1190. The quantitative estimate of drug-likeness (QED) is 0.322. The van der Waals surface area contributed by atoms with E-state index in [-0.39, 0.29) is 21.9 Å². The summed E-state index contributed by atoms with van der Waals surface area (Å²) in [4.78, 5) is 40.0. The molecule has 11 heteroatoms. The molecule has 6 atom stereocenters. The molecule has 0 unspecified atom stereocenters. The molecule has 0 heterocycles. The van der Waals surface area contributed by atoms with Crippen molar-refractivity contribution in [3.8, 4) is 5.75 Å². The van der Waals surface area contributed by atoms with Crippen LogP contribution in [-0.2, 0) is 14.4 Å². The first kappa shape index (κ1) is 23.2. The lowest BCUT2D eigenvalue weighted by molar-refractivity contribution is -0.169. The minimum Gasteiger partial charge on any atom is -0.508 e. The van der Waals surface area contributed by atoms with Gasteiger partial charge in [-0.1, -0.05) is 18.5 Å². The van der Waals surface area contributed by atoms with E-state index in [9.17, 15) is 39.9 Å². The monoisotopic (exact) mass is 478 g/mol. The Morgan fingerprint density at radius 3 is 2.33 bits per heavy atom. The van der Waals surface area contributed by atoms with Gasteiger partial charge in [0.05, 0.1) is 23.6 Å². The first-order chi connectivity index (χ1) is 15.3. The predicted molar refractivity (Wildman–Crippen MR) is 115 cm³/mol. The van der Waals surface area contributed by atoms with Gasteiger partial charge >= 0.3 is 0 Å². The van der Waals surface area contributed by atoms with Gasteiger partial charge in [0.25, 0.3) is 5.91 Å². The highest BCUT2D eigenvalue weighted by atomic mass is 35.5. The summed E-state index contributed by atoms with van der Waals surface area (Å²) in [5, 5.41) is 55.3. The van der Waals surface area contributed by atoms with E-state index in [4.69, 9.17) is 17.3 Å². The number of aromatic hydroxyl groups is 1. The van der Waals surface area contributed by atoms with E-state index >= 15 is 0 Å². The van der Waals surface area contributed by atoms with E-state index in [2.05, 4.69) is 0 Å². The number of rotatable bonds is 2. The molecule has 1 saturated carbocycles. The lowest BCUT2D eigenvalue weighted by Crippen LogP contribution is -2.70. The van der Waals surface area contributed by atoms with E-state index < -0.39 is 75.6 Å². The number of hydrogen-bond acceptors (Lipinski definition) is 9. The number of fused-ring (bicyclic) bond motifs is 3. The average Bonchev–Trinajstić information content (AvgIpc) is 2.72. The van der Waals surface area contributed by atoms with Crippen LogP contribution in [0.1, 0.15) is 24.0 Å². The van der Waals surface area contributed by atoms with Crippen LogP contribution in [0.3, 0.4) is 0 Å². The summed E-state index contributed by atoms with van der Waals surface area (Å²) in [5.41, 5.74) is 1.05. The molecule has 7 N–H and O–H groups in total. The molecule has 0 bridgehead atoms. The first-order valence-electron chi connectivity index (χ1n) is 10.1. The highest BCUT2D eigenvalue weighted by Gasteiger charge is 2.68. The van der Waals surface area contributed by atoms with Crippen molar-refractivity contribution in [1.29, 1.82) is 0 Å². The molecule has 3 aliphatic carbocycles.